The second-order valence-electron chi connectivity index (χ2n) is 4.44. The number of carbonyl (C=O) groups excluding carboxylic acids is 1. The van der Waals surface area contributed by atoms with E-state index in [2.05, 4.69) is 12.2 Å². The molecule has 0 heterocycles. The molecule has 2 saturated carbocycles. The fourth-order valence-electron chi connectivity index (χ4n) is 1.99. The average Bonchev–Trinajstić information content (AvgIpc) is 2.62. The first-order valence-electron chi connectivity index (χ1n) is 5.11. The number of halogens is 1. The molecule has 13 heavy (non-hydrogen) atoms. The van der Waals surface area contributed by atoms with Crippen LogP contribution in [0.4, 0.5) is 4.39 Å². The molecule has 1 amide bonds. The molecule has 74 valence electrons. The first kappa shape index (κ1) is 8.97. The summed E-state index contributed by atoms with van der Waals surface area (Å²) in [5.74, 6) is 0.656. The van der Waals surface area contributed by atoms with Gasteiger partial charge in [0.05, 0.1) is 0 Å². The molecule has 3 heteroatoms. The number of nitrogens with one attached hydrogen (secondary N) is 1. The molecule has 2 rings (SSSR count). The fourth-order valence-corrected chi connectivity index (χ4v) is 1.99. The highest BCUT2D eigenvalue weighted by Crippen LogP contribution is 2.32. The van der Waals surface area contributed by atoms with E-state index in [1.165, 1.54) is 0 Å². The lowest BCUT2D eigenvalue weighted by molar-refractivity contribution is -0.125. The Kier molecular flexibility index (Phi) is 2.26. The van der Waals surface area contributed by atoms with Gasteiger partial charge >= 0.3 is 0 Å². The summed E-state index contributed by atoms with van der Waals surface area (Å²) >= 11 is 0. The zero-order valence-corrected chi connectivity index (χ0v) is 7.92. The van der Waals surface area contributed by atoms with E-state index in [9.17, 15) is 9.18 Å². The summed E-state index contributed by atoms with van der Waals surface area (Å²) in [6.07, 6.45) is 2.09. The number of carbonyl (C=O) groups is 1. The lowest BCUT2D eigenvalue weighted by atomic mass is 10.1. The summed E-state index contributed by atoms with van der Waals surface area (Å²) in [5, 5.41) is 2.96. The minimum absolute atomic E-state index is 0.0530. The largest absolute Gasteiger partial charge is 0.353 e. The quantitative estimate of drug-likeness (QED) is 0.696. The summed E-state index contributed by atoms with van der Waals surface area (Å²) in [6.45, 7) is 2.12. The van der Waals surface area contributed by atoms with Crippen molar-refractivity contribution in [2.75, 3.05) is 0 Å². The zero-order chi connectivity index (χ0) is 9.42. The smallest absolute Gasteiger partial charge is 0.223 e. The van der Waals surface area contributed by atoms with Crippen LogP contribution in [0.5, 0.6) is 0 Å². The van der Waals surface area contributed by atoms with E-state index < -0.39 is 6.17 Å². The van der Waals surface area contributed by atoms with Gasteiger partial charge < -0.3 is 5.32 Å². The van der Waals surface area contributed by atoms with Crippen LogP contribution in [0.3, 0.4) is 0 Å². The maximum absolute atomic E-state index is 12.8. The van der Waals surface area contributed by atoms with Crippen LogP contribution in [-0.4, -0.2) is 18.1 Å². The normalized spacial score (nSPS) is 43.2. The van der Waals surface area contributed by atoms with E-state index in [1.807, 2.05) is 0 Å². The van der Waals surface area contributed by atoms with Gasteiger partial charge in [0, 0.05) is 12.0 Å². The Balaban J connectivity index is 1.77. The molecule has 0 bridgehead atoms. The van der Waals surface area contributed by atoms with Crippen LogP contribution in [-0.2, 0) is 4.79 Å². The van der Waals surface area contributed by atoms with Crippen molar-refractivity contribution in [1.82, 2.24) is 5.32 Å². The van der Waals surface area contributed by atoms with E-state index in [1.54, 1.807) is 0 Å². The Morgan fingerprint density at radius 3 is 2.54 bits per heavy atom. The molecule has 4 atom stereocenters. The topological polar surface area (TPSA) is 29.1 Å². The fraction of sp³-hybridized carbons (Fsp3) is 0.900. The van der Waals surface area contributed by atoms with Crippen LogP contribution in [0.1, 0.15) is 32.6 Å². The van der Waals surface area contributed by atoms with E-state index in [0.29, 0.717) is 24.8 Å². The van der Waals surface area contributed by atoms with Crippen molar-refractivity contribution in [3.63, 3.8) is 0 Å². The first-order valence-corrected chi connectivity index (χ1v) is 5.11. The monoisotopic (exact) mass is 185 g/mol. The molecule has 0 aromatic carbocycles. The molecule has 0 aliphatic heterocycles. The molecule has 0 radical (unpaired) electrons. The zero-order valence-electron chi connectivity index (χ0n) is 7.92. The highest BCUT2D eigenvalue weighted by Gasteiger charge is 2.37. The Morgan fingerprint density at radius 1 is 1.38 bits per heavy atom. The SMILES string of the molecule is C[C@@H]1C[C@H]1NC(=O)C1CCC(F)C1. The van der Waals surface area contributed by atoms with Crippen LogP contribution in [0.15, 0.2) is 0 Å². The Hall–Kier alpha value is -0.600. The maximum atomic E-state index is 12.8. The van der Waals surface area contributed by atoms with Crippen LogP contribution in [0.2, 0.25) is 0 Å². The highest BCUT2D eigenvalue weighted by atomic mass is 19.1. The Bertz CT molecular complexity index is 219. The first-order chi connectivity index (χ1) is 6.16. The summed E-state index contributed by atoms with van der Waals surface area (Å²) in [7, 11) is 0. The van der Waals surface area contributed by atoms with Crippen molar-refractivity contribution < 1.29 is 9.18 Å². The molecule has 2 nitrogen and oxygen atoms in total. The second-order valence-corrected chi connectivity index (χ2v) is 4.44. The standard InChI is InChI=1S/C10H16FNO/c1-6-4-9(6)12-10(13)7-2-3-8(11)5-7/h6-9H,2-5H2,1H3,(H,12,13)/t6-,7?,8?,9-/m1/s1. The lowest BCUT2D eigenvalue weighted by Crippen LogP contribution is -2.32. The van der Waals surface area contributed by atoms with Gasteiger partial charge in [-0.25, -0.2) is 4.39 Å². The van der Waals surface area contributed by atoms with E-state index in [-0.39, 0.29) is 11.8 Å². The molecular weight excluding hydrogens is 169 g/mol. The molecule has 2 unspecified atom stereocenters. The highest BCUT2D eigenvalue weighted by molar-refractivity contribution is 5.79. The van der Waals surface area contributed by atoms with Crippen molar-refractivity contribution in [2.24, 2.45) is 11.8 Å². The van der Waals surface area contributed by atoms with E-state index in [0.717, 1.165) is 12.8 Å². The van der Waals surface area contributed by atoms with Crippen molar-refractivity contribution in [3.05, 3.63) is 0 Å². The van der Waals surface area contributed by atoms with Gasteiger partial charge in [0.25, 0.3) is 0 Å². The van der Waals surface area contributed by atoms with Gasteiger partial charge in [-0.15, -0.1) is 0 Å². The average molecular weight is 185 g/mol. The minimum atomic E-state index is -0.743. The van der Waals surface area contributed by atoms with Gasteiger partial charge in [-0.05, 0) is 31.6 Å². The van der Waals surface area contributed by atoms with Crippen LogP contribution in [0.25, 0.3) is 0 Å². The molecule has 0 aromatic rings. The predicted molar refractivity (Wildman–Crippen MR) is 47.9 cm³/mol. The Labute approximate surface area is 77.9 Å². The lowest BCUT2D eigenvalue weighted by Gasteiger charge is -2.09. The minimum Gasteiger partial charge on any atom is -0.353 e. The molecule has 0 spiro atoms. The van der Waals surface area contributed by atoms with Gasteiger partial charge in [0.15, 0.2) is 0 Å². The van der Waals surface area contributed by atoms with Gasteiger partial charge in [-0.3, -0.25) is 4.79 Å². The third kappa shape index (κ3) is 2.01. The van der Waals surface area contributed by atoms with Crippen molar-refractivity contribution in [1.29, 1.82) is 0 Å². The third-order valence-electron chi connectivity index (χ3n) is 3.18. The molecule has 2 aliphatic carbocycles. The van der Waals surface area contributed by atoms with Gasteiger partial charge in [-0.1, -0.05) is 6.92 Å². The van der Waals surface area contributed by atoms with Crippen LogP contribution < -0.4 is 5.32 Å². The molecule has 0 saturated heterocycles. The summed E-state index contributed by atoms with van der Waals surface area (Å²) < 4.78 is 12.8. The van der Waals surface area contributed by atoms with Crippen LogP contribution in [0, 0.1) is 11.8 Å². The van der Waals surface area contributed by atoms with Crippen molar-refractivity contribution in [2.45, 2.75) is 44.8 Å². The predicted octanol–water partition coefficient (Wildman–Crippen LogP) is 1.65. The molecule has 2 aliphatic rings. The number of amides is 1. The third-order valence-corrected chi connectivity index (χ3v) is 3.18. The molecule has 0 aromatic heterocycles. The molecular formula is C10H16FNO. The number of alkyl halides is 1. The number of hydrogen-bond acceptors (Lipinski definition) is 1. The van der Waals surface area contributed by atoms with Crippen LogP contribution >= 0.6 is 0 Å². The van der Waals surface area contributed by atoms with Crippen molar-refractivity contribution >= 4 is 5.91 Å². The molecule has 2 fully saturated rings. The Morgan fingerprint density at radius 2 is 2.08 bits per heavy atom. The summed E-state index contributed by atoms with van der Waals surface area (Å²) in [5.41, 5.74) is 0. The van der Waals surface area contributed by atoms with E-state index >= 15 is 0 Å². The summed E-state index contributed by atoms with van der Waals surface area (Å²) in [4.78, 5) is 11.5. The van der Waals surface area contributed by atoms with Gasteiger partial charge in [0.2, 0.25) is 5.91 Å². The molecule has 1 N–H and O–H groups in total. The second kappa shape index (κ2) is 3.28. The maximum Gasteiger partial charge on any atom is 0.223 e. The number of rotatable bonds is 2. The summed E-state index contributed by atoms with van der Waals surface area (Å²) in [6, 6.07) is 0.381. The number of hydrogen-bond donors (Lipinski definition) is 1. The van der Waals surface area contributed by atoms with Crippen molar-refractivity contribution in [3.8, 4) is 0 Å². The van der Waals surface area contributed by atoms with Gasteiger partial charge in [-0.2, -0.15) is 0 Å². The van der Waals surface area contributed by atoms with E-state index in [4.69, 9.17) is 0 Å². The van der Waals surface area contributed by atoms with Gasteiger partial charge in [0.1, 0.15) is 6.17 Å².